The van der Waals surface area contributed by atoms with Gasteiger partial charge in [0.05, 0.1) is 6.07 Å². The lowest BCUT2D eigenvalue weighted by Gasteiger charge is -2.22. The average molecular weight is 858 g/mol. The van der Waals surface area contributed by atoms with Gasteiger partial charge < -0.3 is 20.4 Å². The highest BCUT2D eigenvalue weighted by atomic mass is 16.2. The van der Waals surface area contributed by atoms with Crippen LogP contribution in [0.25, 0.3) is 0 Å². The summed E-state index contributed by atoms with van der Waals surface area (Å²) >= 11 is 0. The van der Waals surface area contributed by atoms with E-state index in [-0.39, 0.29) is 11.8 Å². The number of hydrogen-bond acceptors (Lipinski definition) is 5. The van der Waals surface area contributed by atoms with E-state index in [9.17, 15) is 14.9 Å². The number of nitriles is 1. The summed E-state index contributed by atoms with van der Waals surface area (Å²) in [4.78, 5) is 29.9. The van der Waals surface area contributed by atoms with Gasteiger partial charge in [-0.05, 0) is 51.7 Å². The van der Waals surface area contributed by atoms with Crippen molar-refractivity contribution < 1.29 is 9.59 Å². The number of nitrogens with one attached hydrogen (secondary N) is 2. The highest BCUT2D eigenvalue weighted by molar-refractivity contribution is 5.76. The van der Waals surface area contributed by atoms with Gasteiger partial charge in [-0.25, -0.2) is 0 Å². The topological polar surface area (TPSA) is 88.5 Å². The third-order valence-corrected chi connectivity index (χ3v) is 12.8. The molecular weight excluding hydrogens is 751 g/mol. The fraction of sp³-hybridized carbons (Fsp3) is 0.944. The molecule has 7 nitrogen and oxygen atoms in total. The van der Waals surface area contributed by atoms with Gasteiger partial charge in [0.15, 0.2) is 0 Å². The lowest BCUT2D eigenvalue weighted by Crippen LogP contribution is -2.33. The molecule has 0 aliphatic heterocycles. The molecule has 0 rings (SSSR count). The molecule has 2 amide bonds. The van der Waals surface area contributed by atoms with E-state index in [1.54, 1.807) is 0 Å². The second-order valence-corrected chi connectivity index (χ2v) is 18.8. The van der Waals surface area contributed by atoms with Crippen LogP contribution in [0.1, 0.15) is 278 Å². The monoisotopic (exact) mass is 858 g/mol. The molecule has 0 saturated carbocycles. The fourth-order valence-electron chi connectivity index (χ4n) is 8.72. The summed E-state index contributed by atoms with van der Waals surface area (Å²) in [6.07, 6.45) is 51.0. The van der Waals surface area contributed by atoms with Crippen LogP contribution in [0.2, 0.25) is 0 Å². The summed E-state index contributed by atoms with van der Waals surface area (Å²) in [5.41, 5.74) is 0. The molecule has 0 aromatic carbocycles. The van der Waals surface area contributed by atoms with Crippen LogP contribution in [0.4, 0.5) is 0 Å². The first kappa shape index (κ1) is 59.4. The molecule has 0 fully saturated rings. The van der Waals surface area contributed by atoms with Gasteiger partial charge in [-0.3, -0.25) is 9.59 Å². The molecule has 0 aliphatic carbocycles. The number of hydrogen-bond donors (Lipinski definition) is 2. The van der Waals surface area contributed by atoms with Gasteiger partial charge in [0.1, 0.15) is 0 Å². The smallest absolute Gasteiger partial charge is 0.221 e. The Balaban J connectivity index is 3.81. The van der Waals surface area contributed by atoms with Crippen molar-refractivity contribution in [3.05, 3.63) is 0 Å². The van der Waals surface area contributed by atoms with Crippen molar-refractivity contribution >= 4 is 11.8 Å². The molecule has 0 aromatic heterocycles. The minimum Gasteiger partial charge on any atom is -0.356 e. The van der Waals surface area contributed by atoms with E-state index in [2.05, 4.69) is 47.3 Å². The van der Waals surface area contributed by atoms with Crippen molar-refractivity contribution in [1.29, 1.82) is 5.26 Å². The number of amides is 2. The van der Waals surface area contributed by atoms with Gasteiger partial charge in [0.25, 0.3) is 0 Å². The van der Waals surface area contributed by atoms with Crippen LogP contribution in [0, 0.1) is 11.3 Å². The summed E-state index contributed by atoms with van der Waals surface area (Å²) < 4.78 is 0. The first-order valence-corrected chi connectivity index (χ1v) is 27.4. The van der Waals surface area contributed by atoms with Crippen LogP contribution in [0.5, 0.6) is 0 Å². The first-order chi connectivity index (χ1) is 30.1. The molecule has 360 valence electrons. The van der Waals surface area contributed by atoms with E-state index in [0.29, 0.717) is 19.3 Å². The zero-order valence-corrected chi connectivity index (χ0v) is 41.6. The lowest BCUT2D eigenvalue weighted by atomic mass is 10.0. The van der Waals surface area contributed by atoms with Crippen molar-refractivity contribution in [2.75, 3.05) is 52.4 Å². The Morgan fingerprint density at radius 3 is 0.918 bits per heavy atom. The van der Waals surface area contributed by atoms with Crippen LogP contribution in [-0.2, 0) is 9.59 Å². The quantitative estimate of drug-likeness (QED) is 0.0595. The Morgan fingerprint density at radius 1 is 0.344 bits per heavy atom. The van der Waals surface area contributed by atoms with E-state index in [4.69, 9.17) is 0 Å². The van der Waals surface area contributed by atoms with Gasteiger partial charge in [-0.1, -0.05) is 226 Å². The number of carbonyl (C=O) groups is 2. The zero-order chi connectivity index (χ0) is 44.4. The van der Waals surface area contributed by atoms with Crippen molar-refractivity contribution in [2.45, 2.75) is 278 Å². The molecule has 0 heterocycles. The highest BCUT2D eigenvalue weighted by Gasteiger charge is 2.10. The van der Waals surface area contributed by atoms with E-state index in [1.807, 2.05) is 0 Å². The van der Waals surface area contributed by atoms with Gasteiger partial charge >= 0.3 is 0 Å². The normalized spacial score (nSPS) is 11.5. The third-order valence-electron chi connectivity index (χ3n) is 12.8. The number of rotatable bonds is 51. The fourth-order valence-corrected chi connectivity index (χ4v) is 8.72. The van der Waals surface area contributed by atoms with Crippen LogP contribution in [-0.4, -0.2) is 74.0 Å². The Labute approximate surface area is 381 Å². The average Bonchev–Trinajstić information content (AvgIpc) is 3.26. The molecule has 0 spiro atoms. The van der Waals surface area contributed by atoms with Gasteiger partial charge in [-0.2, -0.15) is 5.26 Å². The summed E-state index contributed by atoms with van der Waals surface area (Å²) in [5.74, 6) is 0.348. The summed E-state index contributed by atoms with van der Waals surface area (Å²) in [6, 6.07) is 2.29. The maximum absolute atomic E-state index is 12.6. The standard InChI is InChI=1S/C54H107N5O2/c1-4-7-9-11-13-15-17-19-21-23-25-27-29-31-33-37-45-56-53(60)42-51-58(47-6-3)48-39-35-36-40-49-59(50-41-44-55)52-43-54(61)57-46-38-34-32-30-28-26-24-22-20-18-16-14-12-10-8-5-2/h4-43,45-52H2,1-3H3,(H,56,60)(H,57,61). The molecular formula is C54H107N5O2. The van der Waals surface area contributed by atoms with Crippen molar-refractivity contribution in [1.82, 2.24) is 20.4 Å². The molecule has 0 unspecified atom stereocenters. The minimum absolute atomic E-state index is 0.146. The minimum atomic E-state index is 0.146. The first-order valence-electron chi connectivity index (χ1n) is 27.4. The molecule has 0 radical (unpaired) electrons. The lowest BCUT2D eigenvalue weighted by molar-refractivity contribution is -0.122. The van der Waals surface area contributed by atoms with E-state index in [1.165, 1.54) is 199 Å². The summed E-state index contributed by atoms with van der Waals surface area (Å²) in [6.45, 7) is 13.8. The maximum Gasteiger partial charge on any atom is 0.221 e. The molecule has 0 saturated heterocycles. The van der Waals surface area contributed by atoms with Crippen molar-refractivity contribution in [3.63, 3.8) is 0 Å². The Hall–Kier alpha value is -1.65. The van der Waals surface area contributed by atoms with Crippen LogP contribution in [0.3, 0.4) is 0 Å². The molecule has 61 heavy (non-hydrogen) atoms. The molecule has 0 aliphatic rings. The maximum atomic E-state index is 12.6. The van der Waals surface area contributed by atoms with E-state index < -0.39 is 0 Å². The SMILES string of the molecule is CCCCCCCCCCCCCCCCCCNC(=O)CCN(CCC)CCCCCCN(CCC#N)CCC(=O)NCCCCCCCCCCCCCCCCCC. The zero-order valence-electron chi connectivity index (χ0n) is 41.6. The van der Waals surface area contributed by atoms with Crippen molar-refractivity contribution in [2.24, 2.45) is 0 Å². The summed E-state index contributed by atoms with van der Waals surface area (Å²) in [5, 5.41) is 15.5. The number of unbranched alkanes of at least 4 members (excludes halogenated alkanes) is 33. The predicted molar refractivity (Wildman–Crippen MR) is 266 cm³/mol. The van der Waals surface area contributed by atoms with Crippen LogP contribution < -0.4 is 10.6 Å². The molecule has 2 N–H and O–H groups in total. The molecule has 0 aromatic rings. The Morgan fingerprint density at radius 2 is 0.623 bits per heavy atom. The summed E-state index contributed by atoms with van der Waals surface area (Å²) in [7, 11) is 0. The van der Waals surface area contributed by atoms with Gasteiger partial charge in [0.2, 0.25) is 11.8 Å². The molecule has 7 heteroatoms. The Bertz CT molecular complexity index is 939. The Kier molecular flexibility index (Phi) is 49.6. The highest BCUT2D eigenvalue weighted by Crippen LogP contribution is 2.15. The third kappa shape index (κ3) is 47.7. The molecule has 0 bridgehead atoms. The second kappa shape index (κ2) is 51.0. The van der Waals surface area contributed by atoms with E-state index >= 15 is 0 Å². The van der Waals surface area contributed by atoms with Crippen LogP contribution >= 0.6 is 0 Å². The van der Waals surface area contributed by atoms with Crippen molar-refractivity contribution in [3.8, 4) is 6.07 Å². The van der Waals surface area contributed by atoms with Crippen LogP contribution in [0.15, 0.2) is 0 Å². The number of carbonyl (C=O) groups excluding carboxylic acids is 2. The second-order valence-electron chi connectivity index (χ2n) is 18.8. The van der Waals surface area contributed by atoms with Gasteiger partial charge in [0, 0.05) is 52.0 Å². The largest absolute Gasteiger partial charge is 0.356 e. The van der Waals surface area contributed by atoms with E-state index in [0.717, 1.165) is 90.9 Å². The molecule has 0 atom stereocenters. The van der Waals surface area contributed by atoms with Gasteiger partial charge in [-0.15, -0.1) is 0 Å². The predicted octanol–water partition coefficient (Wildman–Crippen LogP) is 15.0. The number of nitrogens with zero attached hydrogens (tertiary/aromatic N) is 3.